The van der Waals surface area contributed by atoms with Crippen molar-refractivity contribution in [1.29, 1.82) is 0 Å². The van der Waals surface area contributed by atoms with Gasteiger partial charge in [0.25, 0.3) is 0 Å². The van der Waals surface area contributed by atoms with Gasteiger partial charge >= 0.3 is 11.9 Å². The molecular weight excluding hydrogens is 602 g/mol. The molecule has 0 radical (unpaired) electrons. The molecule has 0 aliphatic rings. The Labute approximate surface area is 264 Å². The summed E-state index contributed by atoms with van der Waals surface area (Å²) in [6.07, 6.45) is 0.127. The van der Waals surface area contributed by atoms with Crippen LogP contribution in [0.5, 0.6) is 5.75 Å². The van der Waals surface area contributed by atoms with Crippen LogP contribution >= 0.6 is 22.9 Å². The summed E-state index contributed by atoms with van der Waals surface area (Å²) in [5.74, 6) is -4.76. The van der Waals surface area contributed by atoms with Crippen molar-refractivity contribution in [3.63, 3.8) is 0 Å². The lowest BCUT2D eigenvalue weighted by molar-refractivity contribution is -0.169. The Morgan fingerprint density at radius 3 is 2.14 bits per heavy atom. The standard InChI is InChI=1S/C35H31ClF2N2O3S/c36-25-43-33(41)35(37,38)21-27-15-17-31(18-16-27)42-23-29-13-11-28(12-14-29)22-40(20-19-26-7-3-1-4-8-26)34-39-32(24-44-34)30-9-5-2-6-10-30/h1-18,24H,19-23,25H2. The monoisotopic (exact) mass is 632 g/mol. The Morgan fingerprint density at radius 2 is 1.45 bits per heavy atom. The number of nitrogens with zero attached hydrogens (tertiary/aromatic N) is 2. The van der Waals surface area contributed by atoms with E-state index >= 15 is 0 Å². The van der Waals surface area contributed by atoms with E-state index in [0.29, 0.717) is 18.9 Å². The molecule has 0 saturated heterocycles. The molecule has 0 fully saturated rings. The number of thiazole rings is 1. The van der Waals surface area contributed by atoms with Crippen LogP contribution in [0.1, 0.15) is 22.3 Å². The molecule has 9 heteroatoms. The number of esters is 1. The van der Waals surface area contributed by atoms with Crippen LogP contribution < -0.4 is 9.64 Å². The Kier molecular flexibility index (Phi) is 10.6. The average molecular weight is 633 g/mol. The van der Waals surface area contributed by atoms with Crippen LogP contribution in [0.4, 0.5) is 13.9 Å². The lowest BCUT2D eigenvalue weighted by Crippen LogP contribution is -2.32. The second kappa shape index (κ2) is 14.9. The van der Waals surface area contributed by atoms with E-state index in [2.05, 4.69) is 63.5 Å². The molecule has 226 valence electrons. The van der Waals surface area contributed by atoms with E-state index in [1.54, 1.807) is 23.5 Å². The summed E-state index contributed by atoms with van der Waals surface area (Å²) in [5.41, 5.74) is 5.76. The number of aromatic nitrogens is 1. The SMILES string of the molecule is O=C(OCCl)C(F)(F)Cc1ccc(OCc2ccc(CN(CCc3ccccc3)c3nc(-c4ccccc4)cs3)cc2)cc1. The van der Waals surface area contributed by atoms with Crippen LogP contribution in [0, 0.1) is 0 Å². The summed E-state index contributed by atoms with van der Waals surface area (Å²) < 4.78 is 38.1. The van der Waals surface area contributed by atoms with Gasteiger partial charge in [0, 0.05) is 30.5 Å². The Bertz CT molecular complexity index is 1620. The number of ether oxygens (including phenoxy) is 2. The first-order valence-electron chi connectivity index (χ1n) is 14.1. The smallest absolute Gasteiger partial charge is 0.378 e. The molecule has 5 nitrogen and oxygen atoms in total. The quantitative estimate of drug-likeness (QED) is 0.0907. The molecule has 1 aromatic heterocycles. The first kappa shape index (κ1) is 31.2. The molecule has 0 N–H and O–H groups in total. The molecule has 0 aliphatic carbocycles. The maximum Gasteiger partial charge on any atom is 0.378 e. The minimum atomic E-state index is -3.65. The van der Waals surface area contributed by atoms with Crippen molar-refractivity contribution in [3.8, 4) is 17.0 Å². The van der Waals surface area contributed by atoms with Gasteiger partial charge in [0.05, 0.1) is 5.69 Å². The molecule has 0 amide bonds. The summed E-state index contributed by atoms with van der Waals surface area (Å²) in [4.78, 5) is 18.7. The molecule has 5 aromatic rings. The highest BCUT2D eigenvalue weighted by Gasteiger charge is 2.40. The molecule has 0 saturated carbocycles. The molecule has 1 heterocycles. The number of anilines is 1. The van der Waals surface area contributed by atoms with Crippen molar-refractivity contribution in [1.82, 2.24) is 4.98 Å². The van der Waals surface area contributed by atoms with Gasteiger partial charge in [0.1, 0.15) is 12.4 Å². The summed E-state index contributed by atoms with van der Waals surface area (Å²) in [7, 11) is 0. The maximum absolute atomic E-state index is 14.0. The molecule has 0 spiro atoms. The van der Waals surface area contributed by atoms with E-state index < -0.39 is 24.4 Å². The number of benzene rings is 4. The number of carbonyl (C=O) groups excluding carboxylic acids is 1. The maximum atomic E-state index is 14.0. The molecule has 0 atom stereocenters. The third kappa shape index (κ3) is 8.65. The molecule has 0 unspecified atom stereocenters. The van der Waals surface area contributed by atoms with E-state index in [-0.39, 0.29) is 5.56 Å². The van der Waals surface area contributed by atoms with Gasteiger partial charge in [-0.05, 0) is 40.8 Å². The van der Waals surface area contributed by atoms with Gasteiger partial charge in [0.15, 0.2) is 11.2 Å². The van der Waals surface area contributed by atoms with Crippen molar-refractivity contribution < 1.29 is 23.0 Å². The molecule has 4 aromatic carbocycles. The van der Waals surface area contributed by atoms with Crippen LogP contribution in [-0.4, -0.2) is 29.5 Å². The normalized spacial score (nSPS) is 11.2. The van der Waals surface area contributed by atoms with E-state index in [9.17, 15) is 13.6 Å². The molecule has 5 rings (SSSR count). The van der Waals surface area contributed by atoms with Gasteiger partial charge in [-0.15, -0.1) is 11.3 Å². The van der Waals surface area contributed by atoms with E-state index in [0.717, 1.165) is 40.5 Å². The fourth-order valence-electron chi connectivity index (χ4n) is 4.62. The fourth-order valence-corrected chi connectivity index (χ4v) is 5.58. The first-order chi connectivity index (χ1) is 21.4. The van der Waals surface area contributed by atoms with Gasteiger partial charge in [-0.25, -0.2) is 9.78 Å². The highest BCUT2D eigenvalue weighted by molar-refractivity contribution is 7.14. The number of hydrogen-bond donors (Lipinski definition) is 0. The van der Waals surface area contributed by atoms with Crippen molar-refractivity contribution >= 4 is 34.0 Å². The Hall–Kier alpha value is -4.27. The topological polar surface area (TPSA) is 51.7 Å². The lowest BCUT2D eigenvalue weighted by atomic mass is 10.1. The highest BCUT2D eigenvalue weighted by Crippen LogP contribution is 2.29. The third-order valence-corrected chi connectivity index (χ3v) is 7.99. The van der Waals surface area contributed by atoms with E-state index in [4.69, 9.17) is 21.3 Å². The van der Waals surface area contributed by atoms with Crippen molar-refractivity contribution in [3.05, 3.63) is 137 Å². The predicted octanol–water partition coefficient (Wildman–Crippen LogP) is 8.56. The molecule has 0 aliphatic heterocycles. The van der Waals surface area contributed by atoms with Crippen LogP contribution in [-0.2, 0) is 35.5 Å². The van der Waals surface area contributed by atoms with Crippen LogP contribution in [0.2, 0.25) is 0 Å². The zero-order valence-corrected chi connectivity index (χ0v) is 25.4. The van der Waals surface area contributed by atoms with Crippen LogP contribution in [0.3, 0.4) is 0 Å². The van der Waals surface area contributed by atoms with Gasteiger partial charge in [-0.1, -0.05) is 109 Å². The molecule has 44 heavy (non-hydrogen) atoms. The van der Waals surface area contributed by atoms with Crippen LogP contribution in [0.25, 0.3) is 11.3 Å². The number of rotatable bonds is 14. The molecular formula is C35H31ClF2N2O3S. The zero-order valence-electron chi connectivity index (χ0n) is 23.9. The van der Waals surface area contributed by atoms with Gasteiger partial charge in [0.2, 0.25) is 0 Å². The third-order valence-electron chi connectivity index (χ3n) is 6.98. The summed E-state index contributed by atoms with van der Waals surface area (Å²) >= 11 is 6.87. The summed E-state index contributed by atoms with van der Waals surface area (Å²) in [6, 6.07) is 34.5. The van der Waals surface area contributed by atoms with Crippen molar-refractivity contribution in [2.75, 3.05) is 17.5 Å². The Morgan fingerprint density at radius 1 is 0.818 bits per heavy atom. The average Bonchev–Trinajstić information content (AvgIpc) is 3.55. The largest absolute Gasteiger partial charge is 0.489 e. The Balaban J connectivity index is 1.20. The van der Waals surface area contributed by atoms with Gasteiger partial charge < -0.3 is 14.4 Å². The van der Waals surface area contributed by atoms with Gasteiger partial charge in [-0.3, -0.25) is 0 Å². The summed E-state index contributed by atoms with van der Waals surface area (Å²) in [6.45, 7) is 1.86. The summed E-state index contributed by atoms with van der Waals surface area (Å²) in [5, 5.41) is 3.08. The van der Waals surface area contributed by atoms with Gasteiger partial charge in [-0.2, -0.15) is 8.78 Å². The second-order valence-electron chi connectivity index (χ2n) is 10.2. The highest BCUT2D eigenvalue weighted by atomic mass is 35.5. The van der Waals surface area contributed by atoms with Crippen molar-refractivity contribution in [2.45, 2.75) is 31.9 Å². The van der Waals surface area contributed by atoms with E-state index in [1.807, 2.05) is 36.4 Å². The predicted molar refractivity (Wildman–Crippen MR) is 171 cm³/mol. The van der Waals surface area contributed by atoms with E-state index in [1.165, 1.54) is 17.7 Å². The van der Waals surface area contributed by atoms with Crippen LogP contribution in [0.15, 0.2) is 115 Å². The number of hydrogen-bond acceptors (Lipinski definition) is 6. The zero-order chi connectivity index (χ0) is 30.8. The first-order valence-corrected chi connectivity index (χ1v) is 15.5. The fraction of sp³-hybridized carbons (Fsp3) is 0.200. The molecule has 0 bridgehead atoms. The second-order valence-corrected chi connectivity index (χ2v) is 11.3. The van der Waals surface area contributed by atoms with Crippen molar-refractivity contribution in [2.24, 2.45) is 0 Å². The number of carbonyl (C=O) groups is 1. The number of halogens is 3. The minimum absolute atomic E-state index is 0.283. The lowest BCUT2D eigenvalue weighted by Gasteiger charge is -2.22. The number of alkyl halides is 3. The minimum Gasteiger partial charge on any atom is -0.489 e.